The lowest BCUT2D eigenvalue weighted by Crippen LogP contribution is -2.01. The summed E-state index contributed by atoms with van der Waals surface area (Å²) in [7, 11) is 0. The van der Waals surface area contributed by atoms with Gasteiger partial charge in [-0.15, -0.1) is 10.2 Å². The molecule has 174 valence electrons. The van der Waals surface area contributed by atoms with E-state index in [-0.39, 0.29) is 0 Å². The fourth-order valence-corrected chi connectivity index (χ4v) is 4.62. The lowest BCUT2D eigenvalue weighted by Gasteiger charge is -2.10. The second kappa shape index (κ2) is 9.47. The predicted molar refractivity (Wildman–Crippen MR) is 149 cm³/mol. The van der Waals surface area contributed by atoms with Crippen molar-refractivity contribution >= 4 is 38.7 Å². The second-order valence-corrected chi connectivity index (χ2v) is 9.67. The quantitative estimate of drug-likeness (QED) is 0.191. The molecular formula is C29H26BrN5. The third-order valence-corrected chi connectivity index (χ3v) is 6.93. The molecule has 35 heavy (non-hydrogen) atoms. The van der Waals surface area contributed by atoms with Crippen LogP contribution < -0.4 is 5.43 Å². The number of halogens is 1. The van der Waals surface area contributed by atoms with Crippen LogP contribution in [0.5, 0.6) is 0 Å². The molecule has 0 aliphatic carbocycles. The van der Waals surface area contributed by atoms with E-state index < -0.39 is 0 Å². The first-order chi connectivity index (χ1) is 16.9. The lowest BCUT2D eigenvalue weighted by molar-refractivity contribution is 0.964. The number of aromatic nitrogens is 3. The molecule has 0 radical (unpaired) electrons. The van der Waals surface area contributed by atoms with Crippen LogP contribution in [0.1, 0.15) is 28.1 Å². The van der Waals surface area contributed by atoms with E-state index in [1.165, 1.54) is 11.1 Å². The standard InChI is InChI=1S/C29H26BrN5/c1-18-9-10-22(15-19(18)2)28-26-7-5-6-8-27(26)29(34-32-28)33-31-17-23-16-20(3)35(21(23)4)25-13-11-24(30)12-14-25/h5-17H,1-4H3,(H,33,34)/b31-17+. The number of benzene rings is 3. The van der Waals surface area contributed by atoms with Crippen molar-refractivity contribution < 1.29 is 0 Å². The smallest absolute Gasteiger partial charge is 0.176 e. The minimum atomic E-state index is 0.631. The molecule has 3 aromatic carbocycles. The summed E-state index contributed by atoms with van der Waals surface area (Å²) in [4.78, 5) is 0. The van der Waals surface area contributed by atoms with Crippen LogP contribution in [0.2, 0.25) is 0 Å². The summed E-state index contributed by atoms with van der Waals surface area (Å²) in [5.74, 6) is 0.631. The largest absolute Gasteiger partial charge is 0.318 e. The average molecular weight is 524 g/mol. The molecule has 5 nitrogen and oxygen atoms in total. The summed E-state index contributed by atoms with van der Waals surface area (Å²) in [6, 6.07) is 25.0. The van der Waals surface area contributed by atoms with Crippen molar-refractivity contribution in [3.63, 3.8) is 0 Å². The summed E-state index contributed by atoms with van der Waals surface area (Å²) < 4.78 is 3.29. The Morgan fingerprint density at radius 3 is 2.31 bits per heavy atom. The van der Waals surface area contributed by atoms with E-state index in [9.17, 15) is 0 Å². The van der Waals surface area contributed by atoms with Gasteiger partial charge in [-0.2, -0.15) is 5.10 Å². The number of rotatable bonds is 5. The van der Waals surface area contributed by atoms with Crippen LogP contribution in [0, 0.1) is 27.7 Å². The molecule has 0 atom stereocenters. The fourth-order valence-electron chi connectivity index (χ4n) is 4.36. The molecule has 6 heteroatoms. The number of aryl methyl sites for hydroxylation is 3. The summed E-state index contributed by atoms with van der Waals surface area (Å²) in [5, 5.41) is 15.6. The van der Waals surface area contributed by atoms with Gasteiger partial charge in [0.15, 0.2) is 5.82 Å². The normalized spacial score (nSPS) is 11.5. The molecule has 0 aliphatic rings. The van der Waals surface area contributed by atoms with Gasteiger partial charge in [0, 0.05) is 43.4 Å². The van der Waals surface area contributed by atoms with Crippen LogP contribution in [0.3, 0.4) is 0 Å². The van der Waals surface area contributed by atoms with Gasteiger partial charge in [0.25, 0.3) is 0 Å². The second-order valence-electron chi connectivity index (χ2n) is 8.75. The number of nitrogens with zero attached hydrogens (tertiary/aromatic N) is 4. The Kier molecular flexibility index (Phi) is 6.22. The molecule has 0 spiro atoms. The van der Waals surface area contributed by atoms with Crippen LogP contribution in [0.25, 0.3) is 27.7 Å². The van der Waals surface area contributed by atoms with E-state index in [4.69, 9.17) is 0 Å². The lowest BCUT2D eigenvalue weighted by atomic mass is 10.0. The van der Waals surface area contributed by atoms with Crippen molar-refractivity contribution in [1.82, 2.24) is 14.8 Å². The average Bonchev–Trinajstić information content (AvgIpc) is 3.14. The molecule has 1 N–H and O–H groups in total. The zero-order valence-electron chi connectivity index (χ0n) is 20.2. The number of hydrogen-bond acceptors (Lipinski definition) is 4. The van der Waals surface area contributed by atoms with Crippen LogP contribution in [0.15, 0.2) is 82.4 Å². The number of fused-ring (bicyclic) bond motifs is 1. The Morgan fingerprint density at radius 2 is 1.57 bits per heavy atom. The third kappa shape index (κ3) is 4.49. The zero-order valence-corrected chi connectivity index (χ0v) is 21.8. The maximum atomic E-state index is 4.56. The monoisotopic (exact) mass is 523 g/mol. The van der Waals surface area contributed by atoms with Gasteiger partial charge in [0.1, 0.15) is 5.69 Å². The first kappa shape index (κ1) is 23.0. The Bertz CT molecular complexity index is 1560. The molecule has 2 aromatic heterocycles. The maximum Gasteiger partial charge on any atom is 0.176 e. The molecule has 0 unspecified atom stereocenters. The first-order valence-corrected chi connectivity index (χ1v) is 12.3. The van der Waals surface area contributed by atoms with Gasteiger partial charge in [0.2, 0.25) is 0 Å². The van der Waals surface area contributed by atoms with Gasteiger partial charge in [-0.1, -0.05) is 52.3 Å². The van der Waals surface area contributed by atoms with Crippen LogP contribution in [-0.2, 0) is 0 Å². The highest BCUT2D eigenvalue weighted by atomic mass is 79.9. The fraction of sp³-hybridized carbons (Fsp3) is 0.138. The molecule has 0 aliphatic heterocycles. The summed E-state index contributed by atoms with van der Waals surface area (Å²) >= 11 is 3.51. The molecule has 0 amide bonds. The highest BCUT2D eigenvalue weighted by molar-refractivity contribution is 9.10. The Labute approximate surface area is 213 Å². The minimum Gasteiger partial charge on any atom is -0.318 e. The van der Waals surface area contributed by atoms with E-state index >= 15 is 0 Å². The van der Waals surface area contributed by atoms with Crippen molar-refractivity contribution in [2.45, 2.75) is 27.7 Å². The van der Waals surface area contributed by atoms with Crippen molar-refractivity contribution in [2.75, 3.05) is 5.43 Å². The van der Waals surface area contributed by atoms with E-state index in [1.807, 2.05) is 24.4 Å². The minimum absolute atomic E-state index is 0.631. The Morgan fingerprint density at radius 1 is 0.829 bits per heavy atom. The predicted octanol–water partition coefficient (Wildman–Crippen LogP) is 7.53. The van der Waals surface area contributed by atoms with Gasteiger partial charge in [0.05, 0.1) is 6.21 Å². The van der Waals surface area contributed by atoms with Crippen molar-refractivity contribution in [2.24, 2.45) is 5.10 Å². The first-order valence-electron chi connectivity index (χ1n) is 11.5. The highest BCUT2D eigenvalue weighted by Gasteiger charge is 2.12. The van der Waals surface area contributed by atoms with E-state index in [1.54, 1.807) is 0 Å². The molecule has 5 rings (SSSR count). The summed E-state index contributed by atoms with van der Waals surface area (Å²) in [6.45, 7) is 8.44. The Hall–Kier alpha value is -3.77. The van der Waals surface area contributed by atoms with Gasteiger partial charge in [-0.05, 0) is 75.2 Å². The van der Waals surface area contributed by atoms with E-state index in [0.29, 0.717) is 5.82 Å². The maximum absolute atomic E-state index is 4.56. The van der Waals surface area contributed by atoms with Crippen LogP contribution >= 0.6 is 15.9 Å². The van der Waals surface area contributed by atoms with Gasteiger partial charge in [-0.25, -0.2) is 0 Å². The van der Waals surface area contributed by atoms with Gasteiger partial charge >= 0.3 is 0 Å². The molecular weight excluding hydrogens is 498 g/mol. The SMILES string of the molecule is Cc1ccc(-c2nnc(N/N=C/c3cc(C)n(-c4ccc(Br)cc4)c3C)c3ccccc23)cc1C. The Balaban J connectivity index is 1.45. The van der Waals surface area contributed by atoms with Gasteiger partial charge in [-0.3, -0.25) is 5.43 Å². The third-order valence-electron chi connectivity index (χ3n) is 6.40. The van der Waals surface area contributed by atoms with Gasteiger partial charge < -0.3 is 4.57 Å². The van der Waals surface area contributed by atoms with E-state index in [0.717, 1.165) is 49.1 Å². The van der Waals surface area contributed by atoms with Crippen molar-refractivity contribution in [3.05, 3.63) is 105 Å². The topological polar surface area (TPSA) is 55.1 Å². The molecule has 0 saturated heterocycles. The zero-order chi connectivity index (χ0) is 24.5. The van der Waals surface area contributed by atoms with E-state index in [2.05, 4.69) is 124 Å². The van der Waals surface area contributed by atoms with Crippen molar-refractivity contribution in [3.8, 4) is 16.9 Å². The highest BCUT2D eigenvalue weighted by Crippen LogP contribution is 2.30. The van der Waals surface area contributed by atoms with Crippen LogP contribution in [-0.4, -0.2) is 21.0 Å². The molecule has 0 fully saturated rings. The number of hydrazone groups is 1. The number of nitrogens with one attached hydrogen (secondary N) is 1. The molecule has 0 saturated carbocycles. The number of anilines is 1. The molecule has 0 bridgehead atoms. The summed E-state index contributed by atoms with van der Waals surface area (Å²) in [6.07, 6.45) is 1.84. The van der Waals surface area contributed by atoms with Crippen molar-refractivity contribution in [1.29, 1.82) is 0 Å². The van der Waals surface area contributed by atoms with Crippen LogP contribution in [0.4, 0.5) is 5.82 Å². The molecule has 5 aromatic rings. The number of hydrogen-bond donors (Lipinski definition) is 1. The molecule has 2 heterocycles. The summed E-state index contributed by atoms with van der Waals surface area (Å²) in [5.41, 5.74) is 12.0.